The fourth-order valence-electron chi connectivity index (χ4n) is 1.29. The van der Waals surface area contributed by atoms with Gasteiger partial charge in [-0.2, -0.15) is 4.39 Å². The summed E-state index contributed by atoms with van der Waals surface area (Å²) in [5.74, 6) is 3.65. The van der Waals surface area contributed by atoms with Gasteiger partial charge in [-0.15, -0.1) is 0 Å². The number of allylic oxidation sites excluding steroid dienone is 1. The van der Waals surface area contributed by atoms with Crippen LogP contribution in [0, 0.1) is 11.8 Å². The zero-order valence-corrected chi connectivity index (χ0v) is 10.5. The van der Waals surface area contributed by atoms with Crippen molar-refractivity contribution in [1.29, 1.82) is 0 Å². The summed E-state index contributed by atoms with van der Waals surface area (Å²) in [6.45, 7) is 3.52. The standard InChI is InChI=1S/C15H15FO2/c1-3-13(14(16)15(17)18-4-2)11-10-12-8-6-5-7-9-12/h5-9H,3-4H2,1-2H3/b14-13-. The van der Waals surface area contributed by atoms with E-state index < -0.39 is 11.8 Å². The molecule has 18 heavy (non-hydrogen) atoms. The Morgan fingerprint density at radius 2 is 1.94 bits per heavy atom. The van der Waals surface area contributed by atoms with Crippen molar-refractivity contribution in [2.45, 2.75) is 20.3 Å². The third kappa shape index (κ3) is 4.06. The lowest BCUT2D eigenvalue weighted by Gasteiger charge is -2.00. The zero-order chi connectivity index (χ0) is 13.4. The minimum Gasteiger partial charge on any atom is -0.461 e. The molecule has 0 unspecified atom stereocenters. The summed E-state index contributed by atoms with van der Waals surface area (Å²) in [4.78, 5) is 11.2. The van der Waals surface area contributed by atoms with Crippen LogP contribution in [0.15, 0.2) is 41.7 Å². The summed E-state index contributed by atoms with van der Waals surface area (Å²) in [5, 5.41) is 0. The highest BCUT2D eigenvalue weighted by Crippen LogP contribution is 2.11. The summed E-state index contributed by atoms with van der Waals surface area (Å²) < 4.78 is 18.3. The normalized spacial score (nSPS) is 11.1. The molecular weight excluding hydrogens is 231 g/mol. The van der Waals surface area contributed by atoms with Crippen LogP contribution >= 0.6 is 0 Å². The van der Waals surface area contributed by atoms with Crippen LogP contribution in [0.4, 0.5) is 4.39 Å². The quantitative estimate of drug-likeness (QED) is 0.465. The highest BCUT2D eigenvalue weighted by atomic mass is 19.1. The summed E-state index contributed by atoms with van der Waals surface area (Å²) >= 11 is 0. The molecule has 0 radical (unpaired) electrons. The Morgan fingerprint density at radius 1 is 1.28 bits per heavy atom. The molecule has 0 fully saturated rings. The summed E-state index contributed by atoms with van der Waals surface area (Å²) in [7, 11) is 0. The molecule has 0 N–H and O–H groups in total. The Hall–Kier alpha value is -2.08. The van der Waals surface area contributed by atoms with Gasteiger partial charge in [-0.05, 0) is 25.5 Å². The van der Waals surface area contributed by atoms with Gasteiger partial charge in [0.05, 0.1) is 6.61 Å². The van der Waals surface area contributed by atoms with Crippen LogP contribution < -0.4 is 0 Å². The zero-order valence-electron chi connectivity index (χ0n) is 10.5. The summed E-state index contributed by atoms with van der Waals surface area (Å²) in [6.07, 6.45) is 0.352. The van der Waals surface area contributed by atoms with Crippen LogP contribution in [0.25, 0.3) is 0 Å². The van der Waals surface area contributed by atoms with Crippen LogP contribution in [0.2, 0.25) is 0 Å². The molecule has 0 aromatic heterocycles. The first-order valence-corrected chi connectivity index (χ1v) is 5.81. The van der Waals surface area contributed by atoms with E-state index in [-0.39, 0.29) is 12.2 Å². The number of esters is 1. The fraction of sp³-hybridized carbons (Fsp3) is 0.267. The van der Waals surface area contributed by atoms with Gasteiger partial charge in [-0.1, -0.05) is 37.0 Å². The van der Waals surface area contributed by atoms with E-state index in [1.165, 1.54) is 0 Å². The number of halogens is 1. The second kappa shape index (κ2) is 7.29. The van der Waals surface area contributed by atoms with E-state index in [4.69, 9.17) is 0 Å². The van der Waals surface area contributed by atoms with Crippen molar-refractivity contribution < 1.29 is 13.9 Å². The van der Waals surface area contributed by atoms with E-state index in [2.05, 4.69) is 16.6 Å². The molecular formula is C15H15FO2. The van der Waals surface area contributed by atoms with Crippen molar-refractivity contribution in [3.8, 4) is 11.8 Å². The highest BCUT2D eigenvalue weighted by molar-refractivity contribution is 5.87. The molecule has 1 aromatic rings. The lowest BCUT2D eigenvalue weighted by atomic mass is 10.1. The Kier molecular flexibility index (Phi) is 5.66. The molecule has 1 rings (SSSR count). The minimum absolute atomic E-state index is 0.148. The second-order valence-corrected chi connectivity index (χ2v) is 3.48. The molecule has 94 valence electrons. The third-order valence-corrected chi connectivity index (χ3v) is 2.20. The maximum Gasteiger partial charge on any atom is 0.368 e. The molecule has 0 spiro atoms. The predicted octanol–water partition coefficient (Wildman–Crippen LogP) is 3.23. The molecule has 3 heteroatoms. The Balaban J connectivity index is 2.95. The Bertz CT molecular complexity index is 492. The lowest BCUT2D eigenvalue weighted by molar-refractivity contribution is -0.140. The molecule has 0 saturated heterocycles. The van der Waals surface area contributed by atoms with Crippen molar-refractivity contribution in [2.24, 2.45) is 0 Å². The van der Waals surface area contributed by atoms with Crippen molar-refractivity contribution in [3.05, 3.63) is 47.3 Å². The van der Waals surface area contributed by atoms with Gasteiger partial charge in [0.1, 0.15) is 0 Å². The van der Waals surface area contributed by atoms with Crippen LogP contribution in [0.3, 0.4) is 0 Å². The van der Waals surface area contributed by atoms with E-state index in [0.29, 0.717) is 6.42 Å². The first-order valence-electron chi connectivity index (χ1n) is 5.81. The third-order valence-electron chi connectivity index (χ3n) is 2.20. The summed E-state index contributed by atoms with van der Waals surface area (Å²) in [5.41, 5.74) is 0.942. The van der Waals surface area contributed by atoms with Gasteiger partial charge in [0, 0.05) is 11.1 Å². The molecule has 0 saturated carbocycles. The highest BCUT2D eigenvalue weighted by Gasteiger charge is 2.13. The average Bonchev–Trinajstić information content (AvgIpc) is 2.40. The first-order chi connectivity index (χ1) is 8.69. The van der Waals surface area contributed by atoms with Crippen LogP contribution in [-0.4, -0.2) is 12.6 Å². The molecule has 0 amide bonds. The van der Waals surface area contributed by atoms with Crippen LogP contribution in [0.5, 0.6) is 0 Å². The van der Waals surface area contributed by atoms with E-state index in [1.807, 2.05) is 30.3 Å². The van der Waals surface area contributed by atoms with Gasteiger partial charge in [0.15, 0.2) is 0 Å². The number of benzene rings is 1. The molecule has 0 aliphatic heterocycles. The smallest absolute Gasteiger partial charge is 0.368 e. The minimum atomic E-state index is -0.947. The maximum absolute atomic E-state index is 13.7. The SMILES string of the molecule is CCOC(=O)/C(F)=C(/C#Cc1ccccc1)CC. The van der Waals surface area contributed by atoms with Crippen molar-refractivity contribution in [2.75, 3.05) is 6.61 Å². The van der Waals surface area contributed by atoms with E-state index in [1.54, 1.807) is 13.8 Å². The first kappa shape index (κ1) is 14.0. The molecule has 0 aliphatic carbocycles. The van der Waals surface area contributed by atoms with Gasteiger partial charge in [0.2, 0.25) is 5.83 Å². The number of hydrogen-bond acceptors (Lipinski definition) is 2. The van der Waals surface area contributed by atoms with Gasteiger partial charge < -0.3 is 4.74 Å². The van der Waals surface area contributed by atoms with Crippen LogP contribution in [-0.2, 0) is 9.53 Å². The van der Waals surface area contributed by atoms with Gasteiger partial charge >= 0.3 is 5.97 Å². The van der Waals surface area contributed by atoms with Crippen molar-refractivity contribution in [1.82, 2.24) is 0 Å². The fourth-order valence-corrected chi connectivity index (χ4v) is 1.29. The molecule has 2 nitrogen and oxygen atoms in total. The van der Waals surface area contributed by atoms with Gasteiger partial charge in [-0.25, -0.2) is 4.79 Å². The number of ether oxygens (including phenoxy) is 1. The molecule has 0 bridgehead atoms. The topological polar surface area (TPSA) is 26.3 Å². The number of carbonyl (C=O) groups excluding carboxylic acids is 1. The second-order valence-electron chi connectivity index (χ2n) is 3.48. The van der Waals surface area contributed by atoms with Gasteiger partial charge in [0.25, 0.3) is 0 Å². The number of hydrogen-bond donors (Lipinski definition) is 0. The predicted molar refractivity (Wildman–Crippen MR) is 68.4 cm³/mol. The Morgan fingerprint density at radius 3 is 2.50 bits per heavy atom. The number of rotatable bonds is 3. The van der Waals surface area contributed by atoms with Crippen LogP contribution in [0.1, 0.15) is 25.8 Å². The number of carbonyl (C=O) groups is 1. The lowest BCUT2D eigenvalue weighted by Crippen LogP contribution is -2.06. The van der Waals surface area contributed by atoms with Gasteiger partial charge in [-0.3, -0.25) is 0 Å². The summed E-state index contributed by atoms with van der Waals surface area (Å²) in [6, 6.07) is 9.22. The van der Waals surface area contributed by atoms with Crippen molar-refractivity contribution in [3.63, 3.8) is 0 Å². The van der Waals surface area contributed by atoms with Crippen molar-refractivity contribution >= 4 is 5.97 Å². The average molecular weight is 246 g/mol. The Labute approximate surface area is 106 Å². The monoisotopic (exact) mass is 246 g/mol. The molecule has 0 heterocycles. The molecule has 0 atom stereocenters. The largest absolute Gasteiger partial charge is 0.461 e. The molecule has 1 aromatic carbocycles. The van der Waals surface area contributed by atoms with E-state index in [0.717, 1.165) is 5.56 Å². The van der Waals surface area contributed by atoms with E-state index >= 15 is 0 Å². The molecule has 0 aliphatic rings. The van der Waals surface area contributed by atoms with E-state index in [9.17, 15) is 9.18 Å². The maximum atomic E-state index is 13.7.